The monoisotopic (exact) mass is 657 g/mol. The smallest absolute Gasteiger partial charge is 0.264 e. The number of amides is 2. The van der Waals surface area contributed by atoms with Gasteiger partial charge in [-0.1, -0.05) is 89.4 Å². The lowest BCUT2D eigenvalue weighted by atomic mass is 10.0. The van der Waals surface area contributed by atoms with Gasteiger partial charge in [0.25, 0.3) is 10.0 Å². The number of carbonyl (C=O) groups is 2. The average molecular weight is 659 g/mol. The van der Waals surface area contributed by atoms with E-state index in [0.717, 1.165) is 9.87 Å². The molecule has 0 saturated heterocycles. The van der Waals surface area contributed by atoms with Gasteiger partial charge in [0, 0.05) is 34.6 Å². The first-order valence-corrected chi connectivity index (χ1v) is 16.1. The predicted molar refractivity (Wildman–Crippen MR) is 172 cm³/mol. The number of hydrogen-bond acceptors (Lipinski definition) is 4. The zero-order valence-corrected chi connectivity index (χ0v) is 26.4. The molecule has 4 aromatic carbocycles. The van der Waals surface area contributed by atoms with E-state index in [0.29, 0.717) is 27.2 Å². The quantitative estimate of drug-likeness (QED) is 0.185. The molecule has 2 amide bonds. The standard InChI is InChI=1S/C32H30Cl3N3O4S/c1-2-36-32(40)30(19-23-9-5-3-6-10-23)37(21-24-13-14-26(34)20-29(24)35)31(39)22-38(27-11-7-4-8-12-27)43(41,42)28-17-15-25(33)16-18-28/h3-18,20,30H,2,19,21-22H2,1H3,(H,36,40)/t30-/m1/s1. The molecule has 224 valence electrons. The summed E-state index contributed by atoms with van der Waals surface area (Å²) < 4.78 is 28.9. The summed E-state index contributed by atoms with van der Waals surface area (Å²) in [5.41, 5.74) is 1.66. The summed E-state index contributed by atoms with van der Waals surface area (Å²) in [6, 6.07) is 27.2. The Hall–Kier alpha value is -3.56. The molecule has 11 heteroatoms. The zero-order chi connectivity index (χ0) is 31.0. The molecule has 1 atom stereocenters. The van der Waals surface area contributed by atoms with Crippen molar-refractivity contribution in [2.45, 2.75) is 30.8 Å². The van der Waals surface area contributed by atoms with Crippen LogP contribution in [0.25, 0.3) is 0 Å². The largest absolute Gasteiger partial charge is 0.355 e. The van der Waals surface area contributed by atoms with E-state index in [1.54, 1.807) is 55.5 Å². The molecule has 4 rings (SSSR count). The van der Waals surface area contributed by atoms with Crippen molar-refractivity contribution in [3.63, 3.8) is 0 Å². The molecular formula is C32H30Cl3N3O4S. The fourth-order valence-electron chi connectivity index (χ4n) is 4.54. The van der Waals surface area contributed by atoms with E-state index in [4.69, 9.17) is 34.8 Å². The molecule has 0 unspecified atom stereocenters. The summed E-state index contributed by atoms with van der Waals surface area (Å²) in [6.45, 7) is 1.49. The number of hydrogen-bond donors (Lipinski definition) is 1. The number of rotatable bonds is 12. The normalized spacial score (nSPS) is 11.9. The van der Waals surface area contributed by atoms with Crippen LogP contribution in [0.1, 0.15) is 18.1 Å². The zero-order valence-electron chi connectivity index (χ0n) is 23.3. The van der Waals surface area contributed by atoms with Crippen molar-refractivity contribution in [3.05, 3.63) is 129 Å². The molecule has 0 radical (unpaired) electrons. The van der Waals surface area contributed by atoms with Gasteiger partial charge in [0.2, 0.25) is 11.8 Å². The molecular weight excluding hydrogens is 629 g/mol. The van der Waals surface area contributed by atoms with Gasteiger partial charge in [0.05, 0.1) is 10.6 Å². The predicted octanol–water partition coefficient (Wildman–Crippen LogP) is 6.62. The minimum absolute atomic E-state index is 0.0367. The number of para-hydroxylation sites is 1. The minimum atomic E-state index is -4.22. The van der Waals surface area contributed by atoms with Gasteiger partial charge in [-0.3, -0.25) is 13.9 Å². The Labute approximate surface area is 267 Å². The van der Waals surface area contributed by atoms with Crippen LogP contribution in [0.5, 0.6) is 0 Å². The van der Waals surface area contributed by atoms with Gasteiger partial charge in [-0.2, -0.15) is 0 Å². The molecule has 0 bridgehead atoms. The molecule has 0 aliphatic heterocycles. The maximum absolute atomic E-state index is 14.3. The Balaban J connectivity index is 1.79. The molecule has 0 fully saturated rings. The minimum Gasteiger partial charge on any atom is -0.355 e. The molecule has 43 heavy (non-hydrogen) atoms. The Morgan fingerprint density at radius 2 is 1.42 bits per heavy atom. The molecule has 0 aromatic heterocycles. The van der Waals surface area contributed by atoms with Gasteiger partial charge in [-0.05, 0) is 66.6 Å². The van der Waals surface area contributed by atoms with E-state index in [-0.39, 0.29) is 29.5 Å². The molecule has 0 aliphatic carbocycles. The number of halogens is 3. The highest BCUT2D eigenvalue weighted by Crippen LogP contribution is 2.27. The third kappa shape index (κ3) is 8.30. The molecule has 1 N–H and O–H groups in total. The molecule has 4 aromatic rings. The van der Waals surface area contributed by atoms with Crippen molar-refractivity contribution in [1.82, 2.24) is 10.2 Å². The van der Waals surface area contributed by atoms with Crippen molar-refractivity contribution in [3.8, 4) is 0 Å². The number of anilines is 1. The first kappa shape index (κ1) is 32.4. The van der Waals surface area contributed by atoms with Crippen molar-refractivity contribution in [1.29, 1.82) is 0 Å². The summed E-state index contributed by atoms with van der Waals surface area (Å²) in [5.74, 6) is -0.976. The van der Waals surface area contributed by atoms with Crippen LogP contribution in [0.4, 0.5) is 5.69 Å². The highest BCUT2D eigenvalue weighted by atomic mass is 35.5. The lowest BCUT2D eigenvalue weighted by Crippen LogP contribution is -2.53. The van der Waals surface area contributed by atoms with Gasteiger partial charge < -0.3 is 10.2 Å². The third-order valence-corrected chi connectivity index (χ3v) is 9.33. The summed E-state index contributed by atoms with van der Waals surface area (Å²) in [7, 11) is -4.22. The van der Waals surface area contributed by atoms with E-state index in [1.165, 1.54) is 29.2 Å². The Bertz CT molecular complexity index is 1650. The second kappa shape index (κ2) is 14.8. The van der Waals surface area contributed by atoms with E-state index in [9.17, 15) is 18.0 Å². The SMILES string of the molecule is CCNC(=O)[C@@H](Cc1ccccc1)N(Cc1ccc(Cl)cc1Cl)C(=O)CN(c1ccccc1)S(=O)(=O)c1ccc(Cl)cc1. The third-order valence-electron chi connectivity index (χ3n) is 6.70. The molecule has 7 nitrogen and oxygen atoms in total. The van der Waals surface area contributed by atoms with Crippen LogP contribution in [-0.2, 0) is 32.6 Å². The van der Waals surface area contributed by atoms with Crippen LogP contribution in [0.3, 0.4) is 0 Å². The lowest BCUT2D eigenvalue weighted by molar-refractivity contribution is -0.140. The highest BCUT2D eigenvalue weighted by Gasteiger charge is 2.34. The number of nitrogens with zero attached hydrogens (tertiary/aromatic N) is 2. The van der Waals surface area contributed by atoms with Gasteiger partial charge >= 0.3 is 0 Å². The van der Waals surface area contributed by atoms with Crippen LogP contribution >= 0.6 is 34.8 Å². The topological polar surface area (TPSA) is 86.8 Å². The fraction of sp³-hybridized carbons (Fsp3) is 0.188. The Morgan fingerprint density at radius 1 is 0.814 bits per heavy atom. The van der Waals surface area contributed by atoms with E-state index in [1.807, 2.05) is 30.3 Å². The van der Waals surface area contributed by atoms with Gasteiger partial charge in [0.1, 0.15) is 12.6 Å². The van der Waals surface area contributed by atoms with Crippen molar-refractivity contribution >= 4 is 62.3 Å². The van der Waals surface area contributed by atoms with Crippen molar-refractivity contribution in [2.24, 2.45) is 0 Å². The number of likely N-dealkylation sites (N-methyl/N-ethyl adjacent to an activating group) is 1. The molecule has 0 heterocycles. The summed E-state index contributed by atoms with van der Waals surface area (Å²) >= 11 is 18.6. The summed E-state index contributed by atoms with van der Waals surface area (Å²) in [5, 5.41) is 3.93. The lowest BCUT2D eigenvalue weighted by Gasteiger charge is -2.34. The number of benzene rings is 4. The van der Waals surface area contributed by atoms with Gasteiger partial charge in [-0.15, -0.1) is 0 Å². The maximum Gasteiger partial charge on any atom is 0.264 e. The van der Waals surface area contributed by atoms with Crippen LogP contribution in [0.2, 0.25) is 15.1 Å². The average Bonchev–Trinajstić information content (AvgIpc) is 2.99. The van der Waals surface area contributed by atoms with Crippen LogP contribution < -0.4 is 9.62 Å². The summed E-state index contributed by atoms with van der Waals surface area (Å²) in [4.78, 5) is 29.2. The first-order chi connectivity index (χ1) is 20.6. The van der Waals surface area contributed by atoms with E-state index < -0.39 is 28.5 Å². The molecule has 0 spiro atoms. The van der Waals surface area contributed by atoms with Crippen LogP contribution in [0.15, 0.2) is 108 Å². The number of sulfonamides is 1. The first-order valence-electron chi connectivity index (χ1n) is 13.5. The Kier molecular flexibility index (Phi) is 11.1. The van der Waals surface area contributed by atoms with E-state index >= 15 is 0 Å². The second-order valence-electron chi connectivity index (χ2n) is 9.66. The number of carbonyl (C=O) groups excluding carboxylic acids is 2. The van der Waals surface area contributed by atoms with Gasteiger partial charge in [0.15, 0.2) is 0 Å². The molecule has 0 saturated carbocycles. The summed E-state index contributed by atoms with van der Waals surface area (Å²) in [6.07, 6.45) is 0.193. The van der Waals surface area contributed by atoms with Crippen molar-refractivity contribution in [2.75, 3.05) is 17.4 Å². The van der Waals surface area contributed by atoms with Gasteiger partial charge in [-0.25, -0.2) is 8.42 Å². The van der Waals surface area contributed by atoms with Crippen LogP contribution in [0, 0.1) is 0 Å². The molecule has 0 aliphatic rings. The van der Waals surface area contributed by atoms with Crippen molar-refractivity contribution < 1.29 is 18.0 Å². The number of nitrogens with one attached hydrogen (secondary N) is 1. The fourth-order valence-corrected chi connectivity index (χ4v) is 6.54. The second-order valence-corrected chi connectivity index (χ2v) is 12.8. The maximum atomic E-state index is 14.3. The van der Waals surface area contributed by atoms with E-state index in [2.05, 4.69) is 5.32 Å². The highest BCUT2D eigenvalue weighted by molar-refractivity contribution is 7.92. The van der Waals surface area contributed by atoms with Crippen LogP contribution in [-0.4, -0.2) is 44.3 Å². The Morgan fingerprint density at radius 3 is 2.02 bits per heavy atom.